The molecular weight excluding hydrogens is 657 g/mol. The van der Waals surface area contributed by atoms with Crippen molar-refractivity contribution >= 4 is 74.1 Å². The molecule has 2 aromatic carbocycles. The molecule has 2 saturated heterocycles. The fourth-order valence-electron chi connectivity index (χ4n) is 6.99. The predicted molar refractivity (Wildman–Crippen MR) is 154 cm³/mol. The van der Waals surface area contributed by atoms with Crippen molar-refractivity contribution < 1.29 is 33.9 Å². The number of amides is 4. The van der Waals surface area contributed by atoms with Crippen LogP contribution in [0.15, 0.2) is 54.1 Å². The average molecular weight is 679 g/mol. The predicted octanol–water partition coefficient (Wildman–Crippen LogP) is 4.22. The number of methoxy groups -OCH3 is 1. The molecule has 0 radical (unpaired) electrons. The van der Waals surface area contributed by atoms with Gasteiger partial charge in [0, 0.05) is 23.6 Å². The summed E-state index contributed by atoms with van der Waals surface area (Å²) in [5, 5.41) is 22.4. The van der Waals surface area contributed by atoms with Gasteiger partial charge in [-0.1, -0.05) is 33.6 Å². The summed E-state index contributed by atoms with van der Waals surface area (Å²) in [6.45, 7) is 0. The van der Waals surface area contributed by atoms with Gasteiger partial charge in [-0.25, -0.2) is 4.90 Å². The summed E-state index contributed by atoms with van der Waals surface area (Å²) in [5.41, 5.74) is 0.250. The number of anilines is 1. The number of halogens is 3. The number of benzene rings is 2. The lowest BCUT2D eigenvalue weighted by Gasteiger charge is -2.50. The third-order valence-corrected chi connectivity index (χ3v) is 10.8. The fraction of sp³-hybridized carbons (Fsp3) is 0.357. The number of phenols is 1. The van der Waals surface area contributed by atoms with Crippen LogP contribution in [-0.2, 0) is 19.2 Å². The maximum absolute atomic E-state index is 14.0. The summed E-state index contributed by atoms with van der Waals surface area (Å²) >= 11 is 17.5. The molecule has 42 heavy (non-hydrogen) atoms. The lowest BCUT2D eigenvalue weighted by molar-refractivity contribution is -0.384. The summed E-state index contributed by atoms with van der Waals surface area (Å²) in [5.74, 6) is -6.38. The molecule has 3 fully saturated rings. The Bertz CT molecular complexity index is 1630. The van der Waals surface area contributed by atoms with Crippen molar-refractivity contribution in [3.63, 3.8) is 0 Å². The van der Waals surface area contributed by atoms with Crippen LogP contribution >= 0.6 is 39.1 Å². The lowest BCUT2D eigenvalue weighted by atomic mass is 9.56. The molecule has 2 aromatic rings. The van der Waals surface area contributed by atoms with Crippen LogP contribution in [0.1, 0.15) is 24.3 Å². The second-order valence-electron chi connectivity index (χ2n) is 10.7. The normalized spacial score (nSPS) is 32.0. The highest BCUT2D eigenvalue weighted by molar-refractivity contribution is 9.09. The van der Waals surface area contributed by atoms with Crippen molar-refractivity contribution in [2.24, 2.45) is 17.8 Å². The molecule has 2 aliphatic heterocycles. The van der Waals surface area contributed by atoms with E-state index >= 15 is 0 Å². The van der Waals surface area contributed by atoms with Gasteiger partial charge in [-0.3, -0.25) is 34.2 Å². The van der Waals surface area contributed by atoms with Crippen molar-refractivity contribution in [2.45, 2.75) is 28.5 Å². The van der Waals surface area contributed by atoms with Crippen molar-refractivity contribution in [3.05, 3.63) is 69.8 Å². The summed E-state index contributed by atoms with van der Waals surface area (Å²) < 4.78 is 5.36. The summed E-state index contributed by atoms with van der Waals surface area (Å²) in [6.07, 6.45) is 1.59. The largest absolute Gasteiger partial charge is 0.508 e. The first-order valence-electron chi connectivity index (χ1n) is 12.9. The Kier molecular flexibility index (Phi) is 6.67. The van der Waals surface area contributed by atoms with Gasteiger partial charge >= 0.3 is 0 Å². The fourth-order valence-corrected chi connectivity index (χ4v) is 8.41. The van der Waals surface area contributed by atoms with E-state index in [-0.39, 0.29) is 41.0 Å². The molecule has 0 spiro atoms. The molecule has 4 amide bonds. The van der Waals surface area contributed by atoms with Gasteiger partial charge in [0.2, 0.25) is 11.8 Å². The summed E-state index contributed by atoms with van der Waals surface area (Å²) in [4.78, 5) is 63.7. The SMILES string of the molecule is COc1ccc(O)c(C2C3=CCC4C(=O)N(c5cccc([N+](=O)[O-])c5)C(=O)C4C3CC3(Cl)C(=O)N(CBr)C(=O)C23Cl)c1. The van der Waals surface area contributed by atoms with Crippen LogP contribution in [0.25, 0.3) is 0 Å². The van der Waals surface area contributed by atoms with E-state index in [1.165, 1.54) is 43.5 Å². The van der Waals surface area contributed by atoms with Gasteiger partial charge in [0.15, 0.2) is 9.75 Å². The highest BCUT2D eigenvalue weighted by Gasteiger charge is 2.76. The Hall–Kier alpha value is -3.48. The molecule has 6 unspecified atom stereocenters. The van der Waals surface area contributed by atoms with Gasteiger partial charge in [-0.05, 0) is 43.0 Å². The second kappa shape index (κ2) is 9.78. The third kappa shape index (κ3) is 3.64. The van der Waals surface area contributed by atoms with Crippen molar-refractivity contribution in [2.75, 3.05) is 17.5 Å². The molecule has 11 nitrogen and oxygen atoms in total. The smallest absolute Gasteiger partial charge is 0.271 e. The molecule has 218 valence electrons. The number of ether oxygens (including phenoxy) is 1. The number of nitro benzene ring substituents is 1. The maximum Gasteiger partial charge on any atom is 0.271 e. The van der Waals surface area contributed by atoms with Crippen LogP contribution in [0, 0.1) is 27.9 Å². The van der Waals surface area contributed by atoms with Crippen molar-refractivity contribution in [1.82, 2.24) is 4.90 Å². The van der Waals surface area contributed by atoms with Crippen molar-refractivity contribution in [1.29, 1.82) is 0 Å². The zero-order valence-corrected chi connectivity index (χ0v) is 24.9. The zero-order chi connectivity index (χ0) is 30.3. The second-order valence-corrected chi connectivity index (χ2v) is 12.4. The average Bonchev–Trinajstić information content (AvgIpc) is 3.31. The molecule has 1 saturated carbocycles. The van der Waals surface area contributed by atoms with E-state index < -0.39 is 62.0 Å². The van der Waals surface area contributed by atoms with Crippen LogP contribution in [0.4, 0.5) is 11.4 Å². The van der Waals surface area contributed by atoms with Crippen molar-refractivity contribution in [3.8, 4) is 11.5 Å². The van der Waals surface area contributed by atoms with E-state index in [1.54, 1.807) is 6.08 Å². The summed E-state index contributed by atoms with van der Waals surface area (Å²) in [6, 6.07) is 9.62. The molecule has 0 aromatic heterocycles. The van der Waals surface area contributed by atoms with Crippen LogP contribution in [0.5, 0.6) is 11.5 Å². The number of rotatable bonds is 5. The molecule has 1 N–H and O–H groups in total. The summed E-state index contributed by atoms with van der Waals surface area (Å²) in [7, 11) is 1.43. The van der Waals surface area contributed by atoms with Gasteiger partial charge < -0.3 is 9.84 Å². The first kappa shape index (κ1) is 28.6. The molecule has 4 aliphatic rings. The molecule has 6 atom stereocenters. The van der Waals surface area contributed by atoms with E-state index in [1.807, 2.05) is 0 Å². The highest BCUT2D eigenvalue weighted by atomic mass is 79.9. The van der Waals surface area contributed by atoms with E-state index in [2.05, 4.69) is 15.9 Å². The monoisotopic (exact) mass is 677 g/mol. The topological polar surface area (TPSA) is 147 Å². The first-order chi connectivity index (χ1) is 19.9. The van der Waals surface area contributed by atoms with Crippen LogP contribution in [0.3, 0.4) is 0 Å². The number of alkyl halides is 3. The van der Waals surface area contributed by atoms with Crippen LogP contribution in [-0.4, -0.2) is 60.9 Å². The van der Waals surface area contributed by atoms with E-state index in [4.69, 9.17) is 27.9 Å². The Balaban J connectivity index is 1.52. The number of phenolic OH excluding ortho intramolecular Hbond substituents is 1. The van der Waals surface area contributed by atoms with Gasteiger partial charge in [0.1, 0.15) is 11.5 Å². The quantitative estimate of drug-likeness (QED) is 0.123. The number of aromatic hydroxyl groups is 1. The van der Waals surface area contributed by atoms with E-state index in [0.717, 1.165) is 15.9 Å². The molecule has 6 rings (SSSR count). The maximum atomic E-state index is 14.0. The number of likely N-dealkylation sites (tertiary alicyclic amines) is 1. The van der Waals surface area contributed by atoms with Gasteiger partial charge in [-0.15, -0.1) is 23.2 Å². The zero-order valence-electron chi connectivity index (χ0n) is 21.8. The minimum atomic E-state index is -2.08. The Labute approximate surface area is 257 Å². The molecule has 2 aliphatic carbocycles. The highest BCUT2D eigenvalue weighted by Crippen LogP contribution is 2.66. The number of nitro groups is 1. The Morgan fingerprint density at radius 1 is 1.10 bits per heavy atom. The minimum Gasteiger partial charge on any atom is -0.508 e. The Morgan fingerprint density at radius 2 is 1.83 bits per heavy atom. The standard InChI is InChI=1S/C28H22BrCl2N3O8/c1-42-15-5-8-20(35)18(10-15)22-16-6-7-17-21(19(16)11-27(30)25(38)32(12-29)26(39)28(22,27)31)24(37)33(23(17)36)13-3-2-4-14(9-13)34(40)41/h2-6,8-10,17,19,21-22,35H,7,11-12H2,1H3. The Morgan fingerprint density at radius 3 is 2.50 bits per heavy atom. The molecule has 0 bridgehead atoms. The number of allylic oxidation sites excluding steroid dienone is 2. The van der Waals surface area contributed by atoms with Gasteiger partial charge in [0.05, 0.1) is 35.0 Å². The third-order valence-electron chi connectivity index (χ3n) is 8.86. The number of non-ortho nitro benzene ring substituents is 1. The molecule has 2 heterocycles. The van der Waals surface area contributed by atoms with Gasteiger partial charge in [-0.2, -0.15) is 0 Å². The number of carbonyl (C=O) groups is 4. The number of carbonyl (C=O) groups excluding carboxylic acids is 4. The van der Waals surface area contributed by atoms with Crippen LogP contribution < -0.4 is 9.64 Å². The van der Waals surface area contributed by atoms with E-state index in [9.17, 15) is 34.4 Å². The number of hydrogen-bond acceptors (Lipinski definition) is 8. The first-order valence-corrected chi connectivity index (χ1v) is 14.8. The lowest BCUT2D eigenvalue weighted by Crippen LogP contribution is -2.60. The number of hydrogen-bond donors (Lipinski definition) is 1. The number of nitrogens with zero attached hydrogens (tertiary/aromatic N) is 3. The minimum absolute atomic E-state index is 0.0535. The number of imide groups is 2. The molecule has 14 heteroatoms. The van der Waals surface area contributed by atoms with Crippen LogP contribution in [0.2, 0.25) is 0 Å². The van der Waals surface area contributed by atoms with Gasteiger partial charge in [0.25, 0.3) is 17.5 Å². The molecular formula is C28H22BrCl2N3O8. The number of fused-ring (bicyclic) bond motifs is 4. The van der Waals surface area contributed by atoms with E-state index in [0.29, 0.717) is 11.3 Å².